The summed E-state index contributed by atoms with van der Waals surface area (Å²) < 4.78 is 6.59. The second-order valence-corrected chi connectivity index (χ2v) is 7.84. The van der Waals surface area contributed by atoms with Crippen molar-refractivity contribution in [3.8, 4) is 5.69 Å². The molecule has 162 valence electrons. The molecule has 0 aliphatic heterocycles. The number of nitrogens with zero attached hydrogens (tertiary/aromatic N) is 3. The Kier molecular flexibility index (Phi) is 6.59. The minimum absolute atomic E-state index is 0.0626. The van der Waals surface area contributed by atoms with E-state index in [2.05, 4.69) is 5.10 Å². The van der Waals surface area contributed by atoms with Crippen LogP contribution in [0.5, 0.6) is 0 Å². The highest BCUT2D eigenvalue weighted by Crippen LogP contribution is 2.23. The smallest absolute Gasteiger partial charge is 0.305 e. The molecule has 0 saturated carbocycles. The zero-order valence-corrected chi connectivity index (χ0v) is 19.0. The molecule has 0 atom stereocenters. The molecule has 0 N–H and O–H groups in total. The molecule has 1 heterocycles. The van der Waals surface area contributed by atoms with Gasteiger partial charge in [-0.1, -0.05) is 12.1 Å². The van der Waals surface area contributed by atoms with Gasteiger partial charge in [0, 0.05) is 30.4 Å². The molecular formula is C25H29N3O3. The van der Waals surface area contributed by atoms with Crippen molar-refractivity contribution in [2.75, 3.05) is 19.1 Å². The van der Waals surface area contributed by atoms with Gasteiger partial charge in [0.1, 0.15) is 0 Å². The van der Waals surface area contributed by atoms with Crippen molar-refractivity contribution < 1.29 is 14.3 Å². The molecule has 3 aromatic rings. The molecule has 0 radical (unpaired) electrons. The molecule has 0 unspecified atom stereocenters. The second-order valence-electron chi connectivity index (χ2n) is 7.84. The molecule has 6 heteroatoms. The number of benzene rings is 2. The molecule has 0 spiro atoms. The van der Waals surface area contributed by atoms with Crippen LogP contribution in [0.3, 0.4) is 0 Å². The van der Waals surface area contributed by atoms with Gasteiger partial charge in [0.15, 0.2) is 0 Å². The van der Waals surface area contributed by atoms with Crippen LogP contribution in [0.2, 0.25) is 0 Å². The van der Waals surface area contributed by atoms with Gasteiger partial charge in [-0.2, -0.15) is 5.10 Å². The van der Waals surface area contributed by atoms with Crippen LogP contribution in [0, 0.1) is 27.7 Å². The van der Waals surface area contributed by atoms with E-state index in [0.717, 1.165) is 39.5 Å². The number of methoxy groups -OCH3 is 1. The number of rotatable bonds is 6. The fourth-order valence-corrected chi connectivity index (χ4v) is 3.75. The zero-order chi connectivity index (χ0) is 22.7. The lowest BCUT2D eigenvalue weighted by molar-refractivity contribution is -0.140. The van der Waals surface area contributed by atoms with E-state index in [-0.39, 0.29) is 11.9 Å². The number of aryl methyl sites for hydroxylation is 3. The Hall–Kier alpha value is -3.41. The van der Waals surface area contributed by atoms with Crippen LogP contribution in [0.25, 0.3) is 5.69 Å². The maximum atomic E-state index is 13.0. The monoisotopic (exact) mass is 419 g/mol. The van der Waals surface area contributed by atoms with Crippen LogP contribution in [0.1, 0.15) is 44.9 Å². The minimum atomic E-state index is -0.234. The van der Waals surface area contributed by atoms with Gasteiger partial charge >= 0.3 is 5.97 Å². The highest BCUT2D eigenvalue weighted by molar-refractivity contribution is 6.06. The predicted octanol–water partition coefficient (Wildman–Crippen LogP) is 4.49. The fraction of sp³-hybridized carbons (Fsp3) is 0.320. The molecule has 6 nitrogen and oxygen atoms in total. The Bertz CT molecular complexity index is 1110. The van der Waals surface area contributed by atoms with E-state index >= 15 is 0 Å². The molecule has 0 saturated heterocycles. The molecule has 1 aromatic heterocycles. The summed E-state index contributed by atoms with van der Waals surface area (Å²) in [4.78, 5) is 26.2. The van der Waals surface area contributed by atoms with E-state index in [0.29, 0.717) is 18.4 Å². The number of ether oxygens (including phenoxy) is 1. The summed E-state index contributed by atoms with van der Waals surface area (Å²) in [5.41, 5.74) is 7.46. The molecule has 1 amide bonds. The van der Waals surface area contributed by atoms with Crippen molar-refractivity contribution in [1.82, 2.24) is 9.78 Å². The summed E-state index contributed by atoms with van der Waals surface area (Å²) in [5.74, 6) is -0.297. The third-order valence-corrected chi connectivity index (χ3v) is 5.64. The normalized spacial score (nSPS) is 10.8. The van der Waals surface area contributed by atoms with E-state index in [1.807, 2.05) is 74.8 Å². The lowest BCUT2D eigenvalue weighted by Gasteiger charge is -2.20. The Balaban J connectivity index is 1.82. The lowest BCUT2D eigenvalue weighted by atomic mass is 10.1. The van der Waals surface area contributed by atoms with E-state index in [1.165, 1.54) is 7.11 Å². The first kappa shape index (κ1) is 22.3. The maximum absolute atomic E-state index is 13.0. The zero-order valence-electron chi connectivity index (χ0n) is 19.0. The van der Waals surface area contributed by atoms with Crippen LogP contribution < -0.4 is 4.90 Å². The van der Waals surface area contributed by atoms with E-state index < -0.39 is 0 Å². The van der Waals surface area contributed by atoms with E-state index in [4.69, 9.17) is 4.74 Å². The van der Waals surface area contributed by atoms with Crippen molar-refractivity contribution in [2.45, 2.75) is 40.5 Å². The molecule has 0 bridgehead atoms. The molecule has 31 heavy (non-hydrogen) atoms. The molecule has 0 aliphatic rings. The first-order valence-corrected chi connectivity index (χ1v) is 10.3. The van der Waals surface area contributed by atoms with Crippen molar-refractivity contribution in [1.29, 1.82) is 0 Å². The van der Waals surface area contributed by atoms with Gasteiger partial charge in [0.25, 0.3) is 5.91 Å². The average molecular weight is 420 g/mol. The van der Waals surface area contributed by atoms with Gasteiger partial charge in [-0.05, 0) is 81.1 Å². The standard InChI is InChI=1S/C25H29N3O3/c1-16-7-8-17(2)23(15-16)27(5)25(30)20-9-11-21(12-10-20)28-19(4)22(18(3)26-28)13-14-24(29)31-6/h7-12,15H,13-14H2,1-6H3. The predicted molar refractivity (Wildman–Crippen MR) is 122 cm³/mol. The average Bonchev–Trinajstić information content (AvgIpc) is 3.06. The number of aromatic nitrogens is 2. The SMILES string of the molecule is COC(=O)CCc1c(C)nn(-c2ccc(C(=O)N(C)c3cc(C)ccc3C)cc2)c1C. The Morgan fingerprint density at radius 3 is 2.35 bits per heavy atom. The van der Waals surface area contributed by atoms with Crippen molar-refractivity contribution >= 4 is 17.6 Å². The van der Waals surface area contributed by atoms with Crippen molar-refractivity contribution in [2.24, 2.45) is 0 Å². The van der Waals surface area contributed by atoms with Crippen LogP contribution in [-0.4, -0.2) is 35.8 Å². The highest BCUT2D eigenvalue weighted by Gasteiger charge is 2.17. The molecule has 0 aliphatic carbocycles. The van der Waals surface area contributed by atoms with Crippen LogP contribution in [-0.2, 0) is 16.0 Å². The van der Waals surface area contributed by atoms with Gasteiger partial charge in [-0.15, -0.1) is 0 Å². The van der Waals surface area contributed by atoms with Crippen LogP contribution >= 0.6 is 0 Å². The second kappa shape index (κ2) is 9.16. The number of esters is 1. The largest absolute Gasteiger partial charge is 0.469 e. The first-order valence-electron chi connectivity index (χ1n) is 10.3. The third-order valence-electron chi connectivity index (χ3n) is 5.64. The number of hydrogen-bond donors (Lipinski definition) is 0. The number of anilines is 1. The summed E-state index contributed by atoms with van der Waals surface area (Å²) in [6.45, 7) is 7.94. The third kappa shape index (κ3) is 4.68. The lowest BCUT2D eigenvalue weighted by Crippen LogP contribution is -2.27. The molecule has 2 aromatic carbocycles. The van der Waals surface area contributed by atoms with E-state index in [1.54, 1.807) is 11.9 Å². The number of hydrogen-bond acceptors (Lipinski definition) is 4. The molecule has 3 rings (SSSR count). The van der Waals surface area contributed by atoms with Gasteiger partial charge < -0.3 is 9.64 Å². The topological polar surface area (TPSA) is 64.4 Å². The minimum Gasteiger partial charge on any atom is -0.469 e. The van der Waals surface area contributed by atoms with E-state index in [9.17, 15) is 9.59 Å². The van der Waals surface area contributed by atoms with Gasteiger partial charge in [-0.3, -0.25) is 9.59 Å². The van der Waals surface area contributed by atoms with Crippen LogP contribution in [0.4, 0.5) is 5.69 Å². The summed E-state index contributed by atoms with van der Waals surface area (Å²) in [6, 6.07) is 13.5. The van der Waals surface area contributed by atoms with Gasteiger partial charge in [0.2, 0.25) is 0 Å². The first-order chi connectivity index (χ1) is 14.7. The Morgan fingerprint density at radius 1 is 1.03 bits per heavy atom. The quantitative estimate of drug-likeness (QED) is 0.552. The Morgan fingerprint density at radius 2 is 1.71 bits per heavy atom. The molecular weight excluding hydrogens is 390 g/mol. The maximum Gasteiger partial charge on any atom is 0.305 e. The van der Waals surface area contributed by atoms with Gasteiger partial charge in [0.05, 0.1) is 18.5 Å². The summed E-state index contributed by atoms with van der Waals surface area (Å²) >= 11 is 0. The highest BCUT2D eigenvalue weighted by atomic mass is 16.5. The number of amides is 1. The van der Waals surface area contributed by atoms with Crippen LogP contribution in [0.15, 0.2) is 42.5 Å². The molecule has 0 fully saturated rings. The van der Waals surface area contributed by atoms with Gasteiger partial charge in [-0.25, -0.2) is 4.68 Å². The van der Waals surface area contributed by atoms with Crippen molar-refractivity contribution in [3.63, 3.8) is 0 Å². The summed E-state index contributed by atoms with van der Waals surface area (Å²) in [5, 5.41) is 4.63. The Labute approximate surface area is 183 Å². The van der Waals surface area contributed by atoms with Crippen molar-refractivity contribution in [3.05, 3.63) is 76.1 Å². The summed E-state index contributed by atoms with van der Waals surface area (Å²) in [7, 11) is 3.19. The number of carbonyl (C=O) groups is 2. The fourth-order valence-electron chi connectivity index (χ4n) is 3.75. The number of carbonyl (C=O) groups excluding carboxylic acids is 2. The summed E-state index contributed by atoms with van der Waals surface area (Å²) in [6.07, 6.45) is 0.906.